The Bertz CT molecular complexity index is 586. The Labute approximate surface area is 121 Å². The fourth-order valence-electron chi connectivity index (χ4n) is 2.38. The molecule has 0 aliphatic heterocycles. The molecule has 1 fully saturated rings. The summed E-state index contributed by atoms with van der Waals surface area (Å²) in [6.07, 6.45) is 2.57. The van der Waals surface area contributed by atoms with Gasteiger partial charge in [0.05, 0.1) is 6.54 Å². The van der Waals surface area contributed by atoms with Crippen LogP contribution in [-0.4, -0.2) is 23.3 Å². The fraction of sp³-hybridized carbons (Fsp3) is 0.400. The monoisotopic (exact) mass is 290 g/mol. The van der Waals surface area contributed by atoms with Gasteiger partial charge in [0.2, 0.25) is 0 Å². The summed E-state index contributed by atoms with van der Waals surface area (Å²) in [7, 11) is 0. The normalized spacial score (nSPS) is 16.1. The van der Waals surface area contributed by atoms with Crippen molar-refractivity contribution < 1.29 is 9.90 Å². The SMILES string of the molecule is O=C(NCc1cc2ccccc2s1)NC1(CCO)CC1. The van der Waals surface area contributed by atoms with Crippen LogP contribution < -0.4 is 10.6 Å². The van der Waals surface area contributed by atoms with E-state index in [0.717, 1.165) is 17.7 Å². The Balaban J connectivity index is 1.55. The second kappa shape index (κ2) is 5.42. The lowest BCUT2D eigenvalue weighted by Crippen LogP contribution is -2.43. The van der Waals surface area contributed by atoms with Crippen LogP contribution in [-0.2, 0) is 6.54 Å². The van der Waals surface area contributed by atoms with E-state index in [-0.39, 0.29) is 18.2 Å². The highest BCUT2D eigenvalue weighted by Gasteiger charge is 2.43. The van der Waals surface area contributed by atoms with Crippen LogP contribution in [0.15, 0.2) is 30.3 Å². The number of aliphatic hydroxyl groups excluding tert-OH is 1. The van der Waals surface area contributed by atoms with E-state index in [0.29, 0.717) is 13.0 Å². The number of carbonyl (C=O) groups excluding carboxylic acids is 1. The Morgan fingerprint density at radius 3 is 2.85 bits per heavy atom. The molecule has 5 heteroatoms. The summed E-state index contributed by atoms with van der Waals surface area (Å²) in [4.78, 5) is 13.0. The third kappa shape index (κ3) is 2.94. The van der Waals surface area contributed by atoms with Gasteiger partial charge in [-0.05, 0) is 36.8 Å². The molecule has 0 radical (unpaired) electrons. The highest BCUT2D eigenvalue weighted by atomic mass is 32.1. The molecule has 0 unspecified atom stereocenters. The van der Waals surface area contributed by atoms with E-state index in [1.54, 1.807) is 11.3 Å². The summed E-state index contributed by atoms with van der Waals surface area (Å²) < 4.78 is 1.24. The first kappa shape index (κ1) is 13.4. The van der Waals surface area contributed by atoms with E-state index < -0.39 is 0 Å². The third-order valence-corrected chi connectivity index (χ3v) is 4.84. The van der Waals surface area contributed by atoms with Crippen molar-refractivity contribution in [2.24, 2.45) is 0 Å². The Hall–Kier alpha value is -1.59. The molecule has 1 saturated carbocycles. The van der Waals surface area contributed by atoms with E-state index in [1.165, 1.54) is 10.1 Å². The van der Waals surface area contributed by atoms with Crippen molar-refractivity contribution in [3.05, 3.63) is 35.2 Å². The maximum atomic E-state index is 11.9. The first-order valence-electron chi connectivity index (χ1n) is 6.85. The number of urea groups is 1. The molecule has 3 N–H and O–H groups in total. The van der Waals surface area contributed by atoms with Gasteiger partial charge >= 0.3 is 6.03 Å². The number of rotatable bonds is 5. The Morgan fingerprint density at radius 2 is 2.15 bits per heavy atom. The smallest absolute Gasteiger partial charge is 0.315 e. The van der Waals surface area contributed by atoms with Crippen molar-refractivity contribution in [1.29, 1.82) is 0 Å². The number of carbonyl (C=O) groups is 1. The van der Waals surface area contributed by atoms with Crippen LogP contribution in [0, 0.1) is 0 Å². The largest absolute Gasteiger partial charge is 0.396 e. The van der Waals surface area contributed by atoms with Crippen LogP contribution in [0.5, 0.6) is 0 Å². The summed E-state index contributed by atoms with van der Waals surface area (Å²) in [5, 5.41) is 16.0. The minimum absolute atomic E-state index is 0.122. The van der Waals surface area contributed by atoms with Crippen molar-refractivity contribution in [3.63, 3.8) is 0 Å². The highest BCUT2D eigenvalue weighted by molar-refractivity contribution is 7.19. The maximum absolute atomic E-state index is 11.9. The lowest BCUT2D eigenvalue weighted by atomic mass is 10.2. The molecule has 2 amide bonds. The molecule has 4 nitrogen and oxygen atoms in total. The molecular formula is C15H18N2O2S. The van der Waals surface area contributed by atoms with E-state index in [4.69, 9.17) is 5.11 Å². The average Bonchev–Trinajstić information content (AvgIpc) is 3.05. The molecular weight excluding hydrogens is 272 g/mol. The van der Waals surface area contributed by atoms with Crippen LogP contribution in [0.1, 0.15) is 24.1 Å². The summed E-state index contributed by atoms with van der Waals surface area (Å²) >= 11 is 1.70. The Morgan fingerprint density at radius 1 is 1.35 bits per heavy atom. The molecule has 0 saturated heterocycles. The summed E-state index contributed by atoms with van der Waals surface area (Å²) in [5.74, 6) is 0. The molecule has 1 aromatic heterocycles. The molecule has 0 bridgehead atoms. The lowest BCUT2D eigenvalue weighted by Gasteiger charge is -2.16. The van der Waals surface area contributed by atoms with Crippen LogP contribution in [0.25, 0.3) is 10.1 Å². The van der Waals surface area contributed by atoms with Gasteiger partial charge in [0.25, 0.3) is 0 Å². The van der Waals surface area contributed by atoms with Crippen molar-refractivity contribution in [1.82, 2.24) is 10.6 Å². The lowest BCUT2D eigenvalue weighted by molar-refractivity contribution is 0.225. The van der Waals surface area contributed by atoms with Crippen molar-refractivity contribution in [3.8, 4) is 0 Å². The van der Waals surface area contributed by atoms with Gasteiger partial charge in [-0.1, -0.05) is 18.2 Å². The third-order valence-electron chi connectivity index (χ3n) is 3.72. The van der Waals surface area contributed by atoms with Crippen LogP contribution in [0.2, 0.25) is 0 Å². The number of aliphatic hydroxyl groups is 1. The second-order valence-corrected chi connectivity index (χ2v) is 6.48. The molecule has 106 valence electrons. The minimum Gasteiger partial charge on any atom is -0.396 e. The van der Waals surface area contributed by atoms with Crippen molar-refractivity contribution in [2.75, 3.05) is 6.61 Å². The maximum Gasteiger partial charge on any atom is 0.315 e. The van der Waals surface area contributed by atoms with E-state index in [9.17, 15) is 4.79 Å². The van der Waals surface area contributed by atoms with Gasteiger partial charge in [-0.3, -0.25) is 0 Å². The zero-order chi connectivity index (χ0) is 14.0. The van der Waals surface area contributed by atoms with E-state index >= 15 is 0 Å². The number of thiophene rings is 1. The predicted molar refractivity (Wildman–Crippen MR) is 80.9 cm³/mol. The molecule has 1 aliphatic carbocycles. The van der Waals surface area contributed by atoms with Crippen LogP contribution >= 0.6 is 11.3 Å². The molecule has 1 heterocycles. The molecule has 0 atom stereocenters. The zero-order valence-corrected chi connectivity index (χ0v) is 12.0. The van der Waals surface area contributed by atoms with Crippen LogP contribution in [0.3, 0.4) is 0 Å². The highest BCUT2D eigenvalue weighted by Crippen LogP contribution is 2.38. The molecule has 1 aliphatic rings. The summed E-state index contributed by atoms with van der Waals surface area (Å²) in [5.41, 5.74) is -0.154. The molecule has 1 aromatic carbocycles. The number of benzene rings is 1. The average molecular weight is 290 g/mol. The van der Waals surface area contributed by atoms with Crippen LogP contribution in [0.4, 0.5) is 4.79 Å². The first-order valence-corrected chi connectivity index (χ1v) is 7.67. The van der Waals surface area contributed by atoms with Gasteiger partial charge in [0.15, 0.2) is 0 Å². The standard InChI is InChI=1S/C15H18N2O2S/c18-8-7-15(5-6-15)17-14(19)16-10-12-9-11-3-1-2-4-13(11)20-12/h1-4,9,18H,5-8,10H2,(H2,16,17,19). The van der Waals surface area contributed by atoms with Gasteiger partial charge in [0, 0.05) is 21.7 Å². The molecule has 3 rings (SSSR count). The van der Waals surface area contributed by atoms with Gasteiger partial charge in [-0.2, -0.15) is 0 Å². The topological polar surface area (TPSA) is 61.4 Å². The number of fused-ring (bicyclic) bond motifs is 1. The van der Waals surface area contributed by atoms with Crippen molar-refractivity contribution >= 4 is 27.5 Å². The number of amides is 2. The second-order valence-electron chi connectivity index (χ2n) is 5.31. The van der Waals surface area contributed by atoms with Gasteiger partial charge < -0.3 is 15.7 Å². The summed E-state index contributed by atoms with van der Waals surface area (Å²) in [6, 6.07) is 10.2. The molecule has 20 heavy (non-hydrogen) atoms. The summed E-state index contributed by atoms with van der Waals surface area (Å²) in [6.45, 7) is 0.664. The van der Waals surface area contributed by atoms with Gasteiger partial charge in [0.1, 0.15) is 0 Å². The number of hydrogen-bond donors (Lipinski definition) is 3. The van der Waals surface area contributed by atoms with E-state index in [2.05, 4.69) is 28.8 Å². The number of nitrogens with one attached hydrogen (secondary N) is 2. The quantitative estimate of drug-likeness (QED) is 0.792. The fourth-order valence-corrected chi connectivity index (χ4v) is 3.38. The Kier molecular flexibility index (Phi) is 3.63. The zero-order valence-electron chi connectivity index (χ0n) is 11.2. The van der Waals surface area contributed by atoms with Gasteiger partial charge in [-0.25, -0.2) is 4.79 Å². The number of hydrogen-bond acceptors (Lipinski definition) is 3. The molecule has 0 spiro atoms. The predicted octanol–water partition coefficient (Wildman–Crippen LogP) is 2.62. The van der Waals surface area contributed by atoms with E-state index in [1.807, 2.05) is 12.1 Å². The van der Waals surface area contributed by atoms with Gasteiger partial charge in [-0.15, -0.1) is 11.3 Å². The minimum atomic E-state index is -0.154. The van der Waals surface area contributed by atoms with Crippen molar-refractivity contribution in [2.45, 2.75) is 31.3 Å². The molecule has 2 aromatic rings. The first-order chi connectivity index (χ1) is 9.71.